The van der Waals surface area contributed by atoms with Crippen LogP contribution in [0.25, 0.3) is 0 Å². The zero-order valence-corrected chi connectivity index (χ0v) is 12.6. The molecule has 0 aliphatic heterocycles. The van der Waals surface area contributed by atoms with Crippen molar-refractivity contribution in [3.63, 3.8) is 0 Å². The Bertz CT molecular complexity index is 515. The van der Waals surface area contributed by atoms with Crippen molar-refractivity contribution in [3.8, 4) is 6.07 Å². The SMILES string of the molecule is CCN(CC(=O)Nc1ccccc1C#N)C1CCCCC1. The Morgan fingerprint density at radius 3 is 2.71 bits per heavy atom. The first-order valence-electron chi connectivity index (χ1n) is 7.77. The second-order valence-corrected chi connectivity index (χ2v) is 5.56. The van der Waals surface area contributed by atoms with Crippen molar-refractivity contribution in [1.82, 2.24) is 4.90 Å². The van der Waals surface area contributed by atoms with E-state index in [-0.39, 0.29) is 5.91 Å². The summed E-state index contributed by atoms with van der Waals surface area (Å²) >= 11 is 0. The van der Waals surface area contributed by atoms with E-state index >= 15 is 0 Å². The lowest BCUT2D eigenvalue weighted by Crippen LogP contribution is -2.41. The van der Waals surface area contributed by atoms with E-state index in [1.807, 2.05) is 6.07 Å². The Labute approximate surface area is 126 Å². The third-order valence-corrected chi connectivity index (χ3v) is 4.17. The Morgan fingerprint density at radius 1 is 1.33 bits per heavy atom. The number of rotatable bonds is 5. The van der Waals surface area contributed by atoms with Gasteiger partial charge in [-0.1, -0.05) is 38.3 Å². The summed E-state index contributed by atoms with van der Waals surface area (Å²) in [5.41, 5.74) is 1.11. The molecule has 21 heavy (non-hydrogen) atoms. The Balaban J connectivity index is 1.95. The fourth-order valence-electron chi connectivity index (χ4n) is 3.01. The van der Waals surface area contributed by atoms with Crippen LogP contribution in [0, 0.1) is 11.3 Å². The van der Waals surface area contributed by atoms with Gasteiger partial charge in [-0.25, -0.2) is 0 Å². The first-order valence-corrected chi connectivity index (χ1v) is 7.77. The van der Waals surface area contributed by atoms with Crippen LogP contribution in [0.3, 0.4) is 0 Å². The molecule has 1 N–H and O–H groups in total. The smallest absolute Gasteiger partial charge is 0.238 e. The number of nitrogens with zero attached hydrogens (tertiary/aromatic N) is 2. The van der Waals surface area contributed by atoms with Crippen LogP contribution < -0.4 is 5.32 Å². The monoisotopic (exact) mass is 285 g/mol. The minimum Gasteiger partial charge on any atom is -0.324 e. The van der Waals surface area contributed by atoms with Crippen LogP contribution in [0.15, 0.2) is 24.3 Å². The molecule has 0 saturated heterocycles. The lowest BCUT2D eigenvalue weighted by atomic mass is 9.94. The normalized spacial score (nSPS) is 15.7. The Morgan fingerprint density at radius 2 is 2.05 bits per heavy atom. The average molecular weight is 285 g/mol. The number of para-hydroxylation sites is 1. The van der Waals surface area contributed by atoms with Crippen LogP contribution in [0.5, 0.6) is 0 Å². The molecule has 1 amide bonds. The van der Waals surface area contributed by atoms with Crippen LogP contribution in [-0.4, -0.2) is 29.9 Å². The lowest BCUT2D eigenvalue weighted by Gasteiger charge is -2.32. The zero-order valence-electron chi connectivity index (χ0n) is 12.6. The van der Waals surface area contributed by atoms with Gasteiger partial charge in [-0.3, -0.25) is 9.69 Å². The van der Waals surface area contributed by atoms with Gasteiger partial charge in [0, 0.05) is 6.04 Å². The van der Waals surface area contributed by atoms with Gasteiger partial charge in [-0.05, 0) is 31.5 Å². The molecule has 0 bridgehead atoms. The number of nitriles is 1. The summed E-state index contributed by atoms with van der Waals surface area (Å²) in [7, 11) is 0. The van der Waals surface area contributed by atoms with Crippen LogP contribution in [-0.2, 0) is 4.79 Å². The van der Waals surface area contributed by atoms with E-state index in [2.05, 4.69) is 23.2 Å². The van der Waals surface area contributed by atoms with E-state index in [1.54, 1.807) is 18.2 Å². The number of carbonyl (C=O) groups excluding carboxylic acids is 1. The average Bonchev–Trinajstić information content (AvgIpc) is 2.54. The van der Waals surface area contributed by atoms with E-state index in [0.717, 1.165) is 6.54 Å². The first kappa shape index (κ1) is 15.5. The summed E-state index contributed by atoms with van der Waals surface area (Å²) < 4.78 is 0. The molecule has 2 rings (SSSR count). The molecule has 0 radical (unpaired) electrons. The molecule has 0 atom stereocenters. The molecule has 1 aromatic rings. The molecule has 1 aliphatic rings. The number of benzene rings is 1. The summed E-state index contributed by atoms with van der Waals surface area (Å²) in [6, 6.07) is 9.75. The molecule has 1 saturated carbocycles. The minimum absolute atomic E-state index is 0.0369. The number of hydrogen-bond donors (Lipinski definition) is 1. The van der Waals surface area contributed by atoms with E-state index < -0.39 is 0 Å². The van der Waals surface area contributed by atoms with Crippen molar-refractivity contribution in [1.29, 1.82) is 5.26 Å². The van der Waals surface area contributed by atoms with Crippen molar-refractivity contribution >= 4 is 11.6 Å². The van der Waals surface area contributed by atoms with Gasteiger partial charge in [0.15, 0.2) is 0 Å². The van der Waals surface area contributed by atoms with Crippen molar-refractivity contribution in [2.45, 2.75) is 45.1 Å². The minimum atomic E-state index is -0.0369. The standard InChI is InChI=1S/C17H23N3O/c1-2-20(15-9-4-3-5-10-15)13-17(21)19-16-11-7-6-8-14(16)12-18/h6-8,11,15H,2-5,9-10,13H2,1H3,(H,19,21). The van der Waals surface area contributed by atoms with Gasteiger partial charge < -0.3 is 5.32 Å². The summed E-state index contributed by atoms with van der Waals surface area (Å²) in [6.45, 7) is 3.39. The van der Waals surface area contributed by atoms with Gasteiger partial charge in [0.05, 0.1) is 17.8 Å². The highest BCUT2D eigenvalue weighted by Gasteiger charge is 2.21. The second kappa shape index (κ2) is 7.80. The van der Waals surface area contributed by atoms with Gasteiger partial charge in [0.2, 0.25) is 5.91 Å². The van der Waals surface area contributed by atoms with E-state index in [1.165, 1.54) is 32.1 Å². The maximum absolute atomic E-state index is 12.2. The number of likely N-dealkylation sites (N-methyl/N-ethyl adjacent to an activating group) is 1. The third-order valence-electron chi connectivity index (χ3n) is 4.17. The summed E-state index contributed by atoms with van der Waals surface area (Å²) in [5, 5.41) is 11.9. The number of hydrogen-bond acceptors (Lipinski definition) is 3. The predicted molar refractivity (Wildman–Crippen MR) is 83.9 cm³/mol. The van der Waals surface area contributed by atoms with Gasteiger partial charge >= 0.3 is 0 Å². The number of nitrogens with one attached hydrogen (secondary N) is 1. The Kier molecular flexibility index (Phi) is 5.77. The highest BCUT2D eigenvalue weighted by molar-refractivity contribution is 5.93. The van der Waals surface area contributed by atoms with Gasteiger partial charge in [0.1, 0.15) is 6.07 Å². The van der Waals surface area contributed by atoms with Gasteiger partial charge in [-0.2, -0.15) is 5.26 Å². The van der Waals surface area contributed by atoms with Gasteiger partial charge in [0.25, 0.3) is 0 Å². The third kappa shape index (κ3) is 4.30. The topological polar surface area (TPSA) is 56.1 Å². The highest BCUT2D eigenvalue weighted by atomic mass is 16.2. The predicted octanol–water partition coefficient (Wildman–Crippen LogP) is 3.15. The number of anilines is 1. The molecule has 4 nitrogen and oxygen atoms in total. The van der Waals surface area contributed by atoms with Crippen LogP contribution in [0.2, 0.25) is 0 Å². The summed E-state index contributed by atoms with van der Waals surface area (Å²) in [5.74, 6) is -0.0369. The Hall–Kier alpha value is -1.86. The maximum Gasteiger partial charge on any atom is 0.238 e. The molecule has 1 aromatic carbocycles. The lowest BCUT2D eigenvalue weighted by molar-refractivity contribution is -0.118. The fraction of sp³-hybridized carbons (Fsp3) is 0.529. The molecule has 0 aromatic heterocycles. The largest absolute Gasteiger partial charge is 0.324 e. The molecular formula is C17H23N3O. The fourth-order valence-corrected chi connectivity index (χ4v) is 3.01. The van der Waals surface area contributed by atoms with Gasteiger partial charge in [-0.15, -0.1) is 0 Å². The van der Waals surface area contributed by atoms with Crippen LogP contribution in [0.4, 0.5) is 5.69 Å². The second-order valence-electron chi connectivity index (χ2n) is 5.56. The molecule has 0 heterocycles. The molecular weight excluding hydrogens is 262 g/mol. The van der Waals surface area contributed by atoms with Crippen molar-refractivity contribution in [2.75, 3.05) is 18.4 Å². The van der Waals surface area contributed by atoms with Crippen molar-refractivity contribution < 1.29 is 4.79 Å². The summed E-state index contributed by atoms with van der Waals surface area (Å²) in [4.78, 5) is 14.5. The molecule has 112 valence electrons. The molecule has 0 unspecified atom stereocenters. The highest BCUT2D eigenvalue weighted by Crippen LogP contribution is 2.22. The number of amides is 1. The zero-order chi connectivity index (χ0) is 15.1. The maximum atomic E-state index is 12.2. The number of carbonyl (C=O) groups is 1. The van der Waals surface area contributed by atoms with Crippen LogP contribution in [0.1, 0.15) is 44.6 Å². The van der Waals surface area contributed by atoms with E-state index in [0.29, 0.717) is 23.8 Å². The van der Waals surface area contributed by atoms with E-state index in [4.69, 9.17) is 5.26 Å². The quantitative estimate of drug-likeness (QED) is 0.904. The van der Waals surface area contributed by atoms with Crippen molar-refractivity contribution in [2.24, 2.45) is 0 Å². The van der Waals surface area contributed by atoms with Crippen molar-refractivity contribution in [3.05, 3.63) is 29.8 Å². The van der Waals surface area contributed by atoms with E-state index in [9.17, 15) is 4.79 Å². The molecule has 1 aliphatic carbocycles. The summed E-state index contributed by atoms with van der Waals surface area (Å²) in [6.07, 6.45) is 6.22. The first-order chi connectivity index (χ1) is 10.2. The van der Waals surface area contributed by atoms with Crippen LogP contribution >= 0.6 is 0 Å². The molecule has 1 fully saturated rings. The molecule has 4 heteroatoms. The molecule has 0 spiro atoms.